The number of phenols is 1. The molecule has 0 radical (unpaired) electrons. The van der Waals surface area contributed by atoms with E-state index < -0.39 is 5.82 Å². The van der Waals surface area contributed by atoms with Crippen LogP contribution in [0.2, 0.25) is 0 Å². The molecule has 1 heterocycles. The van der Waals surface area contributed by atoms with Crippen LogP contribution in [0.1, 0.15) is 12.6 Å². The first kappa shape index (κ1) is 9.71. The zero-order valence-corrected chi connectivity index (χ0v) is 8.29. The number of phenolic OH excluding ortho intramolecular Hbond substituents is 1. The lowest BCUT2D eigenvalue weighted by Crippen LogP contribution is -1.86. The number of aromatic amines is 1. The Hall–Kier alpha value is -1.84. The average molecular weight is 206 g/mol. The van der Waals surface area contributed by atoms with Crippen LogP contribution >= 0.6 is 0 Å². The van der Waals surface area contributed by atoms with Crippen LogP contribution in [-0.4, -0.2) is 15.3 Å². The average Bonchev–Trinajstić information content (AvgIpc) is 2.70. The highest BCUT2D eigenvalue weighted by molar-refractivity contribution is 5.66. The lowest BCUT2D eigenvalue weighted by Gasteiger charge is -2.02. The second kappa shape index (κ2) is 3.73. The van der Waals surface area contributed by atoms with Gasteiger partial charge in [0.2, 0.25) is 0 Å². The van der Waals surface area contributed by atoms with Gasteiger partial charge in [-0.2, -0.15) is 5.10 Å². The minimum absolute atomic E-state index is 0.333. The van der Waals surface area contributed by atoms with E-state index in [1.807, 2.05) is 6.92 Å². The summed E-state index contributed by atoms with van der Waals surface area (Å²) in [7, 11) is 0. The van der Waals surface area contributed by atoms with Crippen molar-refractivity contribution < 1.29 is 9.50 Å². The molecule has 0 amide bonds. The fraction of sp³-hybridized carbons (Fsp3) is 0.182. The van der Waals surface area contributed by atoms with E-state index in [4.69, 9.17) is 5.11 Å². The van der Waals surface area contributed by atoms with Crippen LogP contribution in [-0.2, 0) is 6.42 Å². The molecule has 0 aliphatic carbocycles. The van der Waals surface area contributed by atoms with E-state index >= 15 is 0 Å². The molecule has 0 atom stereocenters. The number of rotatable bonds is 2. The van der Waals surface area contributed by atoms with Gasteiger partial charge in [-0.25, -0.2) is 4.39 Å². The summed E-state index contributed by atoms with van der Waals surface area (Å²) in [5, 5.41) is 15.8. The lowest BCUT2D eigenvalue weighted by atomic mass is 10.1. The van der Waals surface area contributed by atoms with E-state index in [1.165, 1.54) is 12.1 Å². The van der Waals surface area contributed by atoms with E-state index in [0.717, 1.165) is 23.2 Å². The molecule has 1 aromatic carbocycles. The number of nitrogens with one attached hydrogen (secondary N) is 1. The first-order valence-corrected chi connectivity index (χ1v) is 4.73. The number of aryl methyl sites for hydroxylation is 1. The van der Waals surface area contributed by atoms with Crippen molar-refractivity contribution in [1.29, 1.82) is 0 Å². The summed E-state index contributed by atoms with van der Waals surface area (Å²) in [6.45, 7) is 1.99. The monoisotopic (exact) mass is 206 g/mol. The molecule has 15 heavy (non-hydrogen) atoms. The van der Waals surface area contributed by atoms with Crippen LogP contribution in [0.25, 0.3) is 11.1 Å². The van der Waals surface area contributed by atoms with E-state index in [2.05, 4.69) is 10.2 Å². The molecule has 2 N–H and O–H groups in total. The predicted octanol–water partition coefficient (Wildman–Crippen LogP) is 2.48. The molecular weight excluding hydrogens is 195 g/mol. The fourth-order valence-electron chi connectivity index (χ4n) is 1.51. The number of hydrogen-bond acceptors (Lipinski definition) is 2. The Balaban J connectivity index is 2.50. The number of hydrogen-bond donors (Lipinski definition) is 2. The summed E-state index contributed by atoms with van der Waals surface area (Å²) in [5.41, 5.74) is 2.55. The Morgan fingerprint density at radius 1 is 1.47 bits per heavy atom. The maximum absolute atomic E-state index is 13.1. The van der Waals surface area contributed by atoms with Crippen LogP contribution in [0.3, 0.4) is 0 Å². The molecule has 0 aliphatic rings. The van der Waals surface area contributed by atoms with Gasteiger partial charge >= 0.3 is 0 Å². The van der Waals surface area contributed by atoms with Crippen molar-refractivity contribution in [1.82, 2.24) is 10.2 Å². The molecule has 0 saturated carbocycles. The third-order valence-electron chi connectivity index (χ3n) is 2.33. The molecule has 0 spiro atoms. The fourth-order valence-corrected chi connectivity index (χ4v) is 1.51. The number of nitrogens with zero attached hydrogens (tertiary/aromatic N) is 1. The van der Waals surface area contributed by atoms with Gasteiger partial charge in [-0.3, -0.25) is 5.10 Å². The molecule has 3 nitrogen and oxygen atoms in total. The van der Waals surface area contributed by atoms with Crippen molar-refractivity contribution in [3.05, 3.63) is 35.9 Å². The zero-order valence-electron chi connectivity index (χ0n) is 8.29. The first-order chi connectivity index (χ1) is 7.22. The van der Waals surface area contributed by atoms with Gasteiger partial charge in [-0.05, 0) is 24.1 Å². The quantitative estimate of drug-likeness (QED) is 0.793. The smallest absolute Gasteiger partial charge is 0.165 e. The molecule has 0 fully saturated rings. The van der Waals surface area contributed by atoms with Gasteiger partial charge in [0.25, 0.3) is 0 Å². The maximum Gasteiger partial charge on any atom is 0.165 e. The second-order valence-electron chi connectivity index (χ2n) is 3.28. The highest BCUT2D eigenvalue weighted by Crippen LogP contribution is 2.26. The zero-order chi connectivity index (χ0) is 10.8. The Morgan fingerprint density at radius 3 is 2.93 bits per heavy atom. The number of H-pyrrole nitrogens is 1. The van der Waals surface area contributed by atoms with Crippen molar-refractivity contribution in [2.45, 2.75) is 13.3 Å². The normalized spacial score (nSPS) is 10.5. The molecular formula is C11H11FN2O. The third-order valence-corrected chi connectivity index (χ3v) is 2.33. The standard InChI is InChI=1S/C11H11FN2O/c1-2-10-8(6-13-14-10)7-3-4-11(15)9(12)5-7/h3-6,15H,2H2,1H3,(H,13,14). The van der Waals surface area contributed by atoms with E-state index in [-0.39, 0.29) is 5.75 Å². The summed E-state index contributed by atoms with van der Waals surface area (Å²) in [6.07, 6.45) is 2.46. The Labute approximate surface area is 86.6 Å². The van der Waals surface area contributed by atoms with Crippen molar-refractivity contribution in [2.75, 3.05) is 0 Å². The minimum Gasteiger partial charge on any atom is -0.505 e. The van der Waals surface area contributed by atoms with Crippen molar-refractivity contribution in [3.8, 4) is 16.9 Å². The van der Waals surface area contributed by atoms with Crippen LogP contribution < -0.4 is 0 Å². The Bertz CT molecular complexity index is 479. The first-order valence-electron chi connectivity index (χ1n) is 4.73. The molecule has 0 saturated heterocycles. The summed E-state index contributed by atoms with van der Waals surface area (Å²) >= 11 is 0. The molecule has 1 aromatic heterocycles. The van der Waals surface area contributed by atoms with Gasteiger partial charge in [0, 0.05) is 11.3 Å². The summed E-state index contributed by atoms with van der Waals surface area (Å²) in [4.78, 5) is 0. The van der Waals surface area contributed by atoms with Crippen molar-refractivity contribution >= 4 is 0 Å². The minimum atomic E-state index is -0.615. The van der Waals surface area contributed by atoms with E-state index in [9.17, 15) is 4.39 Å². The highest BCUT2D eigenvalue weighted by atomic mass is 19.1. The number of halogens is 1. The van der Waals surface area contributed by atoms with Crippen LogP contribution in [0.4, 0.5) is 4.39 Å². The van der Waals surface area contributed by atoms with Gasteiger partial charge < -0.3 is 5.11 Å². The second-order valence-corrected chi connectivity index (χ2v) is 3.28. The molecule has 0 unspecified atom stereocenters. The number of aromatic nitrogens is 2. The van der Waals surface area contributed by atoms with Gasteiger partial charge in [0.15, 0.2) is 11.6 Å². The van der Waals surface area contributed by atoms with Gasteiger partial charge in [-0.1, -0.05) is 13.0 Å². The number of benzene rings is 1. The highest BCUT2D eigenvalue weighted by Gasteiger charge is 2.08. The lowest BCUT2D eigenvalue weighted by molar-refractivity contribution is 0.432. The van der Waals surface area contributed by atoms with E-state index in [0.29, 0.717) is 0 Å². The maximum atomic E-state index is 13.1. The Morgan fingerprint density at radius 2 is 2.27 bits per heavy atom. The van der Waals surface area contributed by atoms with Gasteiger partial charge in [0.1, 0.15) is 0 Å². The van der Waals surface area contributed by atoms with Crippen molar-refractivity contribution in [3.63, 3.8) is 0 Å². The van der Waals surface area contributed by atoms with Crippen LogP contribution in [0, 0.1) is 5.82 Å². The Kier molecular flexibility index (Phi) is 2.41. The molecule has 4 heteroatoms. The van der Waals surface area contributed by atoms with Gasteiger partial charge in [0.05, 0.1) is 6.20 Å². The predicted molar refractivity (Wildman–Crippen MR) is 55.0 cm³/mol. The van der Waals surface area contributed by atoms with Crippen LogP contribution in [0.5, 0.6) is 5.75 Å². The summed E-state index contributed by atoms with van der Waals surface area (Å²) in [6, 6.07) is 4.32. The molecule has 0 aliphatic heterocycles. The van der Waals surface area contributed by atoms with Gasteiger partial charge in [-0.15, -0.1) is 0 Å². The molecule has 2 rings (SSSR count). The largest absolute Gasteiger partial charge is 0.505 e. The molecule has 0 bridgehead atoms. The third kappa shape index (κ3) is 1.70. The summed E-state index contributed by atoms with van der Waals surface area (Å²) in [5.74, 6) is -0.948. The topological polar surface area (TPSA) is 48.9 Å². The number of aromatic hydroxyl groups is 1. The molecule has 2 aromatic rings. The SMILES string of the molecule is CCc1[nH]ncc1-c1ccc(O)c(F)c1. The van der Waals surface area contributed by atoms with Crippen LogP contribution in [0.15, 0.2) is 24.4 Å². The van der Waals surface area contributed by atoms with Crippen molar-refractivity contribution in [2.24, 2.45) is 0 Å². The summed E-state index contributed by atoms with van der Waals surface area (Å²) < 4.78 is 13.1. The van der Waals surface area contributed by atoms with E-state index in [1.54, 1.807) is 12.3 Å². The molecule has 78 valence electrons.